The summed E-state index contributed by atoms with van der Waals surface area (Å²) in [4.78, 5) is -0.855. The maximum absolute atomic E-state index is 13.6. The first-order valence-electron chi connectivity index (χ1n) is 6.08. The summed E-state index contributed by atoms with van der Waals surface area (Å²) in [5.41, 5.74) is 0. The molecule has 1 saturated heterocycles. The van der Waals surface area contributed by atoms with Crippen LogP contribution in [0.2, 0.25) is 0 Å². The monoisotopic (exact) mass is 290 g/mol. The number of sulfonamides is 1. The van der Waals surface area contributed by atoms with E-state index in [4.69, 9.17) is 0 Å². The summed E-state index contributed by atoms with van der Waals surface area (Å²) < 4.78 is 53.0. The molecule has 0 bridgehead atoms. The molecule has 0 aromatic heterocycles. The highest BCUT2D eigenvalue weighted by Crippen LogP contribution is 2.25. The maximum atomic E-state index is 13.6. The van der Waals surface area contributed by atoms with Crippen molar-refractivity contribution in [2.24, 2.45) is 0 Å². The topological polar surface area (TPSA) is 49.4 Å². The molecule has 1 atom stereocenters. The molecule has 0 aliphatic carbocycles. The Morgan fingerprint density at radius 2 is 1.95 bits per heavy atom. The minimum Gasteiger partial charge on any atom is -0.316 e. The van der Waals surface area contributed by atoms with E-state index in [-0.39, 0.29) is 19.1 Å². The van der Waals surface area contributed by atoms with Crippen LogP contribution in [0.5, 0.6) is 0 Å². The molecule has 106 valence electrons. The van der Waals surface area contributed by atoms with Gasteiger partial charge in [0, 0.05) is 19.1 Å². The molecule has 1 heterocycles. The predicted octanol–water partition coefficient (Wildman–Crippen LogP) is 1.34. The van der Waals surface area contributed by atoms with Gasteiger partial charge in [0.1, 0.15) is 11.6 Å². The van der Waals surface area contributed by atoms with Crippen LogP contribution in [0.15, 0.2) is 23.1 Å². The molecule has 7 heteroatoms. The quantitative estimate of drug-likeness (QED) is 0.914. The van der Waals surface area contributed by atoms with Gasteiger partial charge in [0.15, 0.2) is 4.90 Å². The van der Waals surface area contributed by atoms with E-state index in [9.17, 15) is 17.2 Å². The Balaban J connectivity index is 2.37. The lowest BCUT2D eigenvalue weighted by molar-refractivity contribution is 0.291. The number of piperidine rings is 1. The SMILES string of the molecule is CNC1CCCN(S(=O)(=O)c2c(F)cccc2F)C1. The molecule has 0 saturated carbocycles. The van der Waals surface area contributed by atoms with E-state index in [1.54, 1.807) is 7.05 Å². The van der Waals surface area contributed by atoms with Gasteiger partial charge >= 0.3 is 0 Å². The summed E-state index contributed by atoms with van der Waals surface area (Å²) in [6.07, 6.45) is 1.52. The second-order valence-electron chi connectivity index (χ2n) is 4.54. The van der Waals surface area contributed by atoms with E-state index in [2.05, 4.69) is 5.32 Å². The largest absolute Gasteiger partial charge is 0.316 e. The highest BCUT2D eigenvalue weighted by atomic mass is 32.2. The Morgan fingerprint density at radius 1 is 1.32 bits per heavy atom. The molecule has 1 N–H and O–H groups in total. The van der Waals surface area contributed by atoms with Crippen LogP contribution in [0, 0.1) is 11.6 Å². The lowest BCUT2D eigenvalue weighted by atomic mass is 10.1. The first-order chi connectivity index (χ1) is 8.96. The van der Waals surface area contributed by atoms with Gasteiger partial charge in [-0.05, 0) is 32.0 Å². The fraction of sp³-hybridized carbons (Fsp3) is 0.500. The van der Waals surface area contributed by atoms with Crippen molar-refractivity contribution >= 4 is 10.0 Å². The van der Waals surface area contributed by atoms with Crippen molar-refractivity contribution in [2.75, 3.05) is 20.1 Å². The van der Waals surface area contributed by atoms with E-state index in [0.717, 1.165) is 28.9 Å². The molecule has 0 amide bonds. The Labute approximate surface area is 111 Å². The fourth-order valence-electron chi connectivity index (χ4n) is 2.25. The van der Waals surface area contributed by atoms with Gasteiger partial charge in [-0.2, -0.15) is 4.31 Å². The number of nitrogens with one attached hydrogen (secondary N) is 1. The summed E-state index contributed by atoms with van der Waals surface area (Å²) in [5.74, 6) is -2.10. The number of halogens is 2. The number of likely N-dealkylation sites (N-methyl/N-ethyl adjacent to an activating group) is 1. The van der Waals surface area contributed by atoms with Gasteiger partial charge in [0.05, 0.1) is 0 Å². The molecule has 1 aromatic rings. The van der Waals surface area contributed by atoms with Crippen LogP contribution in [-0.4, -0.2) is 38.9 Å². The average molecular weight is 290 g/mol. The van der Waals surface area contributed by atoms with Crippen LogP contribution < -0.4 is 5.32 Å². The summed E-state index contributed by atoms with van der Waals surface area (Å²) in [5, 5.41) is 2.99. The van der Waals surface area contributed by atoms with Crippen molar-refractivity contribution in [2.45, 2.75) is 23.8 Å². The summed E-state index contributed by atoms with van der Waals surface area (Å²) in [6, 6.07) is 3.07. The first kappa shape index (κ1) is 14.4. The maximum Gasteiger partial charge on any atom is 0.248 e. The smallest absolute Gasteiger partial charge is 0.248 e. The zero-order valence-electron chi connectivity index (χ0n) is 10.6. The van der Waals surface area contributed by atoms with E-state index >= 15 is 0 Å². The van der Waals surface area contributed by atoms with E-state index < -0.39 is 26.6 Å². The second-order valence-corrected chi connectivity index (χ2v) is 6.42. The highest BCUT2D eigenvalue weighted by molar-refractivity contribution is 7.89. The van der Waals surface area contributed by atoms with Gasteiger partial charge in [-0.1, -0.05) is 6.07 Å². The van der Waals surface area contributed by atoms with E-state index in [0.29, 0.717) is 6.42 Å². The molecule has 4 nitrogen and oxygen atoms in total. The molecule has 1 aromatic carbocycles. The standard InChI is InChI=1S/C12H16F2N2O2S/c1-15-9-4-3-7-16(8-9)19(17,18)12-10(13)5-2-6-11(12)14/h2,5-6,9,15H,3-4,7-8H2,1H3. The van der Waals surface area contributed by atoms with Gasteiger partial charge < -0.3 is 5.32 Å². The minimum absolute atomic E-state index is 0.0124. The zero-order valence-corrected chi connectivity index (χ0v) is 11.4. The Morgan fingerprint density at radius 3 is 2.53 bits per heavy atom. The summed E-state index contributed by atoms with van der Waals surface area (Å²) in [6.45, 7) is 0.515. The van der Waals surface area contributed by atoms with E-state index in [1.165, 1.54) is 0 Å². The number of benzene rings is 1. The van der Waals surface area contributed by atoms with Gasteiger partial charge in [-0.15, -0.1) is 0 Å². The third kappa shape index (κ3) is 2.77. The number of nitrogens with zero attached hydrogens (tertiary/aromatic N) is 1. The van der Waals surface area contributed by atoms with Gasteiger partial charge in [0.25, 0.3) is 0 Å². The molecule has 1 unspecified atom stereocenters. The molecular formula is C12H16F2N2O2S. The van der Waals surface area contributed by atoms with Crippen LogP contribution in [0.3, 0.4) is 0 Å². The second kappa shape index (κ2) is 5.52. The van der Waals surface area contributed by atoms with Gasteiger partial charge in [0.2, 0.25) is 10.0 Å². The van der Waals surface area contributed by atoms with Crippen LogP contribution in [0.4, 0.5) is 8.78 Å². The zero-order chi connectivity index (χ0) is 14.0. The lowest BCUT2D eigenvalue weighted by Gasteiger charge is -2.31. The predicted molar refractivity (Wildman–Crippen MR) is 67.2 cm³/mol. The van der Waals surface area contributed by atoms with E-state index in [1.807, 2.05) is 0 Å². The molecular weight excluding hydrogens is 274 g/mol. The Bertz CT molecular complexity index is 543. The molecule has 1 aliphatic heterocycles. The van der Waals surface area contributed by atoms with Crippen molar-refractivity contribution in [3.8, 4) is 0 Å². The third-order valence-corrected chi connectivity index (χ3v) is 5.23. The number of hydrogen-bond donors (Lipinski definition) is 1. The summed E-state index contributed by atoms with van der Waals surface area (Å²) >= 11 is 0. The van der Waals surface area contributed by atoms with Crippen LogP contribution in [0.1, 0.15) is 12.8 Å². The average Bonchev–Trinajstić information content (AvgIpc) is 2.38. The van der Waals surface area contributed by atoms with Crippen molar-refractivity contribution in [3.05, 3.63) is 29.8 Å². The number of rotatable bonds is 3. The van der Waals surface area contributed by atoms with Crippen molar-refractivity contribution in [3.63, 3.8) is 0 Å². The number of hydrogen-bond acceptors (Lipinski definition) is 3. The lowest BCUT2D eigenvalue weighted by Crippen LogP contribution is -2.47. The van der Waals surface area contributed by atoms with Crippen LogP contribution >= 0.6 is 0 Å². The highest BCUT2D eigenvalue weighted by Gasteiger charge is 2.33. The van der Waals surface area contributed by atoms with Crippen LogP contribution in [0.25, 0.3) is 0 Å². The Hall–Kier alpha value is -1.05. The normalized spacial score (nSPS) is 21.5. The molecule has 2 rings (SSSR count). The molecule has 0 radical (unpaired) electrons. The molecule has 19 heavy (non-hydrogen) atoms. The fourth-order valence-corrected chi connectivity index (χ4v) is 3.89. The van der Waals surface area contributed by atoms with Crippen molar-refractivity contribution in [1.29, 1.82) is 0 Å². The minimum atomic E-state index is -4.12. The van der Waals surface area contributed by atoms with Gasteiger partial charge in [-0.25, -0.2) is 17.2 Å². The van der Waals surface area contributed by atoms with Crippen LogP contribution in [-0.2, 0) is 10.0 Å². The van der Waals surface area contributed by atoms with Crippen molar-refractivity contribution in [1.82, 2.24) is 9.62 Å². The Kier molecular flexibility index (Phi) is 4.17. The van der Waals surface area contributed by atoms with Crippen molar-refractivity contribution < 1.29 is 17.2 Å². The third-order valence-electron chi connectivity index (χ3n) is 3.31. The summed E-state index contributed by atoms with van der Waals surface area (Å²) in [7, 11) is -2.38. The van der Waals surface area contributed by atoms with Gasteiger partial charge in [-0.3, -0.25) is 0 Å². The molecule has 1 aliphatic rings. The first-order valence-corrected chi connectivity index (χ1v) is 7.52. The molecule has 0 spiro atoms. The molecule has 1 fully saturated rings.